The van der Waals surface area contributed by atoms with Gasteiger partial charge in [-0.25, -0.2) is 9.97 Å². The van der Waals surface area contributed by atoms with Crippen LogP contribution in [0.25, 0.3) is 21.9 Å². The van der Waals surface area contributed by atoms with Crippen LogP contribution in [-0.4, -0.2) is 34.3 Å². The fourth-order valence-electron chi connectivity index (χ4n) is 2.75. The van der Waals surface area contributed by atoms with Gasteiger partial charge in [0, 0.05) is 13.7 Å². The van der Waals surface area contributed by atoms with Crippen LogP contribution in [0.5, 0.6) is 5.75 Å². The number of rotatable bonds is 7. The number of aromatic nitrogens is 3. The lowest BCUT2D eigenvalue weighted by atomic mass is 10.1. The molecule has 0 saturated carbocycles. The summed E-state index contributed by atoms with van der Waals surface area (Å²) in [7, 11) is 1.96. The van der Waals surface area contributed by atoms with Gasteiger partial charge in [-0.2, -0.15) is 0 Å². The average molecular weight is 329 g/mol. The lowest BCUT2D eigenvalue weighted by Crippen LogP contribution is -2.07. The molecule has 0 atom stereocenters. The topological polar surface area (TPSA) is 101 Å². The number of fused-ring (bicyclic) bond motifs is 3. The number of aryl methyl sites for hydroxylation is 1. The van der Waals surface area contributed by atoms with Gasteiger partial charge in [0.2, 0.25) is 0 Å². The molecule has 7 heteroatoms. The Kier molecular flexibility index (Phi) is 4.82. The molecule has 1 aromatic carbocycles. The zero-order valence-corrected chi connectivity index (χ0v) is 14.1. The van der Waals surface area contributed by atoms with Gasteiger partial charge in [0.15, 0.2) is 5.82 Å². The molecule has 2 aromatic heterocycles. The highest BCUT2D eigenvalue weighted by Gasteiger charge is 2.18. The molecule has 128 valence electrons. The predicted molar refractivity (Wildman–Crippen MR) is 94.9 cm³/mol. The fourth-order valence-corrected chi connectivity index (χ4v) is 2.75. The van der Waals surface area contributed by atoms with Crippen LogP contribution in [0.1, 0.15) is 19.2 Å². The smallest absolute Gasteiger partial charge is 0.152 e. The Morgan fingerprint density at radius 3 is 2.83 bits per heavy atom. The van der Waals surface area contributed by atoms with E-state index in [1.165, 1.54) is 0 Å². The van der Waals surface area contributed by atoms with Crippen molar-refractivity contribution in [1.82, 2.24) is 14.5 Å². The Hall–Kier alpha value is -2.38. The van der Waals surface area contributed by atoms with Gasteiger partial charge >= 0.3 is 0 Å². The molecule has 24 heavy (non-hydrogen) atoms. The third-order valence-corrected chi connectivity index (χ3v) is 3.95. The molecule has 2 heterocycles. The Bertz CT molecular complexity index is 859. The van der Waals surface area contributed by atoms with Crippen LogP contribution in [0.15, 0.2) is 18.2 Å². The molecule has 3 rings (SSSR count). The van der Waals surface area contributed by atoms with E-state index in [4.69, 9.17) is 20.9 Å². The van der Waals surface area contributed by atoms with Crippen molar-refractivity contribution in [2.45, 2.75) is 20.0 Å². The zero-order chi connectivity index (χ0) is 17.1. The van der Waals surface area contributed by atoms with E-state index in [1.807, 2.05) is 36.7 Å². The van der Waals surface area contributed by atoms with E-state index in [0.717, 1.165) is 34.4 Å². The Morgan fingerprint density at radius 2 is 2.08 bits per heavy atom. The van der Waals surface area contributed by atoms with Crippen LogP contribution < -0.4 is 16.2 Å². The van der Waals surface area contributed by atoms with Gasteiger partial charge < -0.3 is 25.5 Å². The monoisotopic (exact) mass is 329 g/mol. The molecule has 0 aliphatic rings. The van der Waals surface area contributed by atoms with Gasteiger partial charge in [-0.1, -0.05) is 6.07 Å². The third kappa shape index (κ3) is 2.88. The summed E-state index contributed by atoms with van der Waals surface area (Å²) >= 11 is 0. The highest BCUT2D eigenvalue weighted by Crippen LogP contribution is 2.34. The summed E-state index contributed by atoms with van der Waals surface area (Å²) in [6, 6.07) is 5.78. The van der Waals surface area contributed by atoms with E-state index >= 15 is 0 Å². The number of benzene rings is 1. The van der Waals surface area contributed by atoms with Crippen LogP contribution in [0.3, 0.4) is 0 Å². The van der Waals surface area contributed by atoms with E-state index in [1.54, 1.807) is 0 Å². The average Bonchev–Trinajstić information content (AvgIpc) is 2.91. The molecule has 0 spiro atoms. The number of nitrogens with zero attached hydrogens (tertiary/aromatic N) is 3. The number of imidazole rings is 1. The van der Waals surface area contributed by atoms with Crippen LogP contribution in [0, 0.1) is 0 Å². The molecule has 0 fully saturated rings. The number of anilines is 1. The second-order valence-corrected chi connectivity index (χ2v) is 5.56. The number of nitrogen functional groups attached to an aromatic ring is 1. The van der Waals surface area contributed by atoms with Gasteiger partial charge in [-0.05, 0) is 32.0 Å². The highest BCUT2D eigenvalue weighted by atomic mass is 16.5. The van der Waals surface area contributed by atoms with E-state index in [0.29, 0.717) is 37.7 Å². The van der Waals surface area contributed by atoms with Crippen molar-refractivity contribution in [1.29, 1.82) is 0 Å². The standard InChI is InChI=1S/C17H23N5O2/c1-3-23-10-13-21-15-16(22(13)2)14-11(20-17(15)19)6-4-7-12(14)24-9-5-8-18/h4,6-7H,3,5,8-10,18H2,1-2H3,(H2,19,20). The highest BCUT2D eigenvalue weighted by molar-refractivity contribution is 6.09. The van der Waals surface area contributed by atoms with Gasteiger partial charge in [0.1, 0.15) is 23.7 Å². The molecule has 0 aliphatic heterocycles. The molecule has 0 unspecified atom stereocenters. The second-order valence-electron chi connectivity index (χ2n) is 5.56. The Labute approximate surface area is 140 Å². The van der Waals surface area contributed by atoms with E-state index in [9.17, 15) is 0 Å². The summed E-state index contributed by atoms with van der Waals surface area (Å²) in [5.74, 6) is 1.99. The molecule has 4 N–H and O–H groups in total. The van der Waals surface area contributed by atoms with Gasteiger partial charge in [-0.15, -0.1) is 0 Å². The van der Waals surface area contributed by atoms with Crippen molar-refractivity contribution < 1.29 is 9.47 Å². The van der Waals surface area contributed by atoms with Crippen molar-refractivity contribution in [3.8, 4) is 5.75 Å². The summed E-state index contributed by atoms with van der Waals surface area (Å²) in [6.07, 6.45) is 0.795. The first-order valence-electron chi connectivity index (χ1n) is 8.11. The minimum absolute atomic E-state index is 0.412. The van der Waals surface area contributed by atoms with Crippen molar-refractivity contribution in [3.05, 3.63) is 24.0 Å². The van der Waals surface area contributed by atoms with Crippen molar-refractivity contribution in [2.75, 3.05) is 25.5 Å². The van der Waals surface area contributed by atoms with Crippen LogP contribution in [0.2, 0.25) is 0 Å². The van der Waals surface area contributed by atoms with E-state index < -0.39 is 0 Å². The third-order valence-electron chi connectivity index (χ3n) is 3.95. The first-order valence-corrected chi connectivity index (χ1v) is 8.11. The van der Waals surface area contributed by atoms with Crippen molar-refractivity contribution in [3.63, 3.8) is 0 Å². The van der Waals surface area contributed by atoms with Crippen LogP contribution in [-0.2, 0) is 18.4 Å². The SMILES string of the molecule is CCOCc1nc2c(N)nc3cccc(OCCCN)c3c2n1C. The number of nitrogens with two attached hydrogens (primary N) is 2. The van der Waals surface area contributed by atoms with Crippen LogP contribution in [0.4, 0.5) is 5.82 Å². The van der Waals surface area contributed by atoms with Crippen LogP contribution >= 0.6 is 0 Å². The molecule has 0 saturated heterocycles. The number of ether oxygens (including phenoxy) is 2. The molecular weight excluding hydrogens is 306 g/mol. The van der Waals surface area contributed by atoms with E-state index in [-0.39, 0.29) is 0 Å². The van der Waals surface area contributed by atoms with Crippen molar-refractivity contribution >= 4 is 27.8 Å². The van der Waals surface area contributed by atoms with E-state index in [2.05, 4.69) is 9.97 Å². The molecule has 3 aromatic rings. The maximum absolute atomic E-state index is 6.12. The molecular formula is C17H23N5O2. The quantitative estimate of drug-likeness (QED) is 0.643. The minimum atomic E-state index is 0.412. The molecule has 7 nitrogen and oxygen atoms in total. The van der Waals surface area contributed by atoms with Gasteiger partial charge in [0.05, 0.1) is 23.0 Å². The van der Waals surface area contributed by atoms with Gasteiger partial charge in [-0.3, -0.25) is 0 Å². The summed E-state index contributed by atoms with van der Waals surface area (Å²) in [6.45, 7) is 4.17. The number of hydrogen-bond donors (Lipinski definition) is 2. The first kappa shape index (κ1) is 16.5. The normalized spacial score (nSPS) is 11.5. The maximum atomic E-state index is 6.12. The molecule has 0 aliphatic carbocycles. The second kappa shape index (κ2) is 7.02. The fraction of sp³-hybridized carbons (Fsp3) is 0.412. The van der Waals surface area contributed by atoms with Gasteiger partial charge in [0.25, 0.3) is 0 Å². The zero-order valence-electron chi connectivity index (χ0n) is 14.1. The number of hydrogen-bond acceptors (Lipinski definition) is 6. The minimum Gasteiger partial charge on any atom is -0.493 e. The summed E-state index contributed by atoms with van der Waals surface area (Å²) in [5.41, 5.74) is 14.0. The summed E-state index contributed by atoms with van der Waals surface area (Å²) < 4.78 is 13.4. The lowest BCUT2D eigenvalue weighted by Gasteiger charge is -2.11. The predicted octanol–water partition coefficient (Wildman–Crippen LogP) is 1.97. The first-order chi connectivity index (χ1) is 11.7. The summed E-state index contributed by atoms with van der Waals surface area (Å²) in [5, 5.41) is 0.913. The Balaban J connectivity index is 2.20. The number of pyridine rings is 1. The Morgan fingerprint density at radius 1 is 1.25 bits per heavy atom. The maximum Gasteiger partial charge on any atom is 0.152 e. The molecule has 0 amide bonds. The molecule has 0 bridgehead atoms. The largest absolute Gasteiger partial charge is 0.493 e. The lowest BCUT2D eigenvalue weighted by molar-refractivity contribution is 0.126. The van der Waals surface area contributed by atoms with Crippen molar-refractivity contribution in [2.24, 2.45) is 12.8 Å². The summed E-state index contributed by atoms with van der Waals surface area (Å²) in [4.78, 5) is 9.10. The molecule has 0 radical (unpaired) electrons.